The number of rotatable bonds is 5. The molecule has 6 nitrogen and oxygen atoms in total. The molecular formula is C18H29N5O. The van der Waals surface area contributed by atoms with Gasteiger partial charge in [-0.15, -0.1) is 0 Å². The van der Waals surface area contributed by atoms with Crippen LogP contribution in [-0.2, 0) is 4.79 Å². The first-order valence-corrected chi connectivity index (χ1v) is 8.45. The Morgan fingerprint density at radius 3 is 2.67 bits per heavy atom. The van der Waals surface area contributed by atoms with Crippen molar-refractivity contribution in [3.63, 3.8) is 0 Å². The highest BCUT2D eigenvalue weighted by Gasteiger charge is 2.28. The first-order valence-electron chi connectivity index (χ1n) is 8.45. The van der Waals surface area contributed by atoms with Crippen LogP contribution in [0, 0.1) is 5.41 Å². The zero-order chi connectivity index (χ0) is 17.6. The van der Waals surface area contributed by atoms with Crippen molar-refractivity contribution < 1.29 is 4.79 Å². The third kappa shape index (κ3) is 4.63. The van der Waals surface area contributed by atoms with E-state index in [2.05, 4.69) is 50.1 Å². The van der Waals surface area contributed by atoms with Gasteiger partial charge in [0.05, 0.1) is 5.41 Å². The van der Waals surface area contributed by atoms with Crippen molar-refractivity contribution in [1.82, 2.24) is 16.0 Å². The normalized spacial score (nSPS) is 18.4. The number of anilines is 1. The van der Waals surface area contributed by atoms with Gasteiger partial charge in [-0.3, -0.25) is 9.79 Å². The van der Waals surface area contributed by atoms with Crippen LogP contribution < -0.4 is 20.9 Å². The average molecular weight is 331 g/mol. The minimum atomic E-state index is -0.488. The summed E-state index contributed by atoms with van der Waals surface area (Å²) in [6.45, 7) is 6.34. The molecule has 0 aliphatic carbocycles. The van der Waals surface area contributed by atoms with Gasteiger partial charge in [0.2, 0.25) is 5.91 Å². The lowest BCUT2D eigenvalue weighted by molar-refractivity contribution is -0.128. The summed E-state index contributed by atoms with van der Waals surface area (Å²) in [4.78, 5) is 18.5. The van der Waals surface area contributed by atoms with Gasteiger partial charge in [-0.2, -0.15) is 0 Å². The molecule has 1 unspecified atom stereocenters. The fraction of sp³-hybridized carbons (Fsp3) is 0.556. The lowest BCUT2D eigenvalue weighted by atomic mass is 9.92. The molecule has 1 atom stereocenters. The SMILES string of the molecule is CN=C(NCC(C)(C)C(=O)NC)NC1CCN(c2ccccc2)C1. The summed E-state index contributed by atoms with van der Waals surface area (Å²) in [5.74, 6) is 0.758. The van der Waals surface area contributed by atoms with Crippen LogP contribution in [0.3, 0.4) is 0 Å². The number of carbonyl (C=O) groups excluding carboxylic acids is 1. The summed E-state index contributed by atoms with van der Waals surface area (Å²) >= 11 is 0. The molecule has 1 saturated heterocycles. The van der Waals surface area contributed by atoms with Crippen LogP contribution in [0.15, 0.2) is 35.3 Å². The zero-order valence-electron chi connectivity index (χ0n) is 15.1. The van der Waals surface area contributed by atoms with E-state index in [0.717, 1.165) is 25.5 Å². The Hall–Kier alpha value is -2.24. The highest BCUT2D eigenvalue weighted by molar-refractivity contribution is 5.84. The van der Waals surface area contributed by atoms with Gasteiger partial charge in [-0.05, 0) is 32.4 Å². The monoisotopic (exact) mass is 331 g/mol. The Bertz CT molecular complexity index is 570. The molecule has 0 bridgehead atoms. The fourth-order valence-corrected chi connectivity index (χ4v) is 2.86. The smallest absolute Gasteiger partial charge is 0.227 e. The van der Waals surface area contributed by atoms with Crippen LogP contribution in [0.25, 0.3) is 0 Å². The number of aliphatic imine (C=N–C) groups is 1. The van der Waals surface area contributed by atoms with Crippen molar-refractivity contribution in [2.24, 2.45) is 10.4 Å². The molecule has 1 amide bonds. The third-order valence-corrected chi connectivity index (χ3v) is 4.41. The molecule has 0 aromatic heterocycles. The molecule has 6 heteroatoms. The van der Waals surface area contributed by atoms with Gasteiger partial charge >= 0.3 is 0 Å². The first kappa shape index (κ1) is 18.1. The Balaban J connectivity index is 1.85. The Kier molecular flexibility index (Phi) is 6.06. The van der Waals surface area contributed by atoms with E-state index >= 15 is 0 Å². The van der Waals surface area contributed by atoms with Crippen molar-refractivity contribution in [2.45, 2.75) is 26.3 Å². The Labute approximate surface area is 144 Å². The van der Waals surface area contributed by atoms with E-state index < -0.39 is 5.41 Å². The minimum absolute atomic E-state index is 0.0153. The third-order valence-electron chi connectivity index (χ3n) is 4.41. The van der Waals surface area contributed by atoms with Crippen LogP contribution in [0.5, 0.6) is 0 Å². The predicted molar refractivity (Wildman–Crippen MR) is 99.4 cm³/mol. The molecule has 24 heavy (non-hydrogen) atoms. The van der Waals surface area contributed by atoms with Crippen molar-refractivity contribution in [3.8, 4) is 0 Å². The molecule has 1 fully saturated rings. The maximum Gasteiger partial charge on any atom is 0.227 e. The summed E-state index contributed by atoms with van der Waals surface area (Å²) in [6, 6.07) is 10.8. The zero-order valence-corrected chi connectivity index (χ0v) is 15.1. The van der Waals surface area contributed by atoms with E-state index in [0.29, 0.717) is 12.6 Å². The number of amides is 1. The summed E-state index contributed by atoms with van der Waals surface area (Å²) in [6.07, 6.45) is 1.06. The van der Waals surface area contributed by atoms with E-state index in [9.17, 15) is 4.79 Å². The van der Waals surface area contributed by atoms with E-state index in [1.807, 2.05) is 19.9 Å². The largest absolute Gasteiger partial charge is 0.369 e. The molecule has 0 radical (unpaired) electrons. The number of nitrogens with zero attached hydrogens (tertiary/aromatic N) is 2. The summed E-state index contributed by atoms with van der Waals surface area (Å²) in [5, 5.41) is 9.42. The molecule has 1 aliphatic heterocycles. The van der Waals surface area contributed by atoms with Crippen LogP contribution in [0.1, 0.15) is 20.3 Å². The summed E-state index contributed by atoms with van der Waals surface area (Å²) in [5.41, 5.74) is 0.767. The Morgan fingerprint density at radius 1 is 1.33 bits per heavy atom. The van der Waals surface area contributed by atoms with Gasteiger partial charge < -0.3 is 20.9 Å². The van der Waals surface area contributed by atoms with Gasteiger partial charge in [0.25, 0.3) is 0 Å². The molecular weight excluding hydrogens is 302 g/mol. The lowest BCUT2D eigenvalue weighted by Crippen LogP contribution is -2.50. The van der Waals surface area contributed by atoms with Crippen LogP contribution in [0.4, 0.5) is 5.69 Å². The topological polar surface area (TPSA) is 68.8 Å². The molecule has 3 N–H and O–H groups in total. The van der Waals surface area contributed by atoms with Gasteiger partial charge in [0.15, 0.2) is 5.96 Å². The first-order chi connectivity index (χ1) is 11.5. The quantitative estimate of drug-likeness (QED) is 0.560. The fourth-order valence-electron chi connectivity index (χ4n) is 2.86. The molecule has 2 rings (SSSR count). The van der Waals surface area contributed by atoms with Gasteiger partial charge in [0, 0.05) is 45.5 Å². The number of hydrogen-bond donors (Lipinski definition) is 3. The lowest BCUT2D eigenvalue weighted by Gasteiger charge is -2.25. The number of para-hydroxylation sites is 1. The van der Waals surface area contributed by atoms with E-state index in [1.54, 1.807) is 14.1 Å². The second kappa shape index (κ2) is 8.04. The second-order valence-electron chi connectivity index (χ2n) is 6.80. The van der Waals surface area contributed by atoms with Crippen LogP contribution in [-0.4, -0.2) is 51.6 Å². The number of guanidine groups is 1. The number of benzene rings is 1. The molecule has 0 saturated carbocycles. The van der Waals surface area contributed by atoms with Crippen molar-refractivity contribution in [2.75, 3.05) is 38.6 Å². The maximum absolute atomic E-state index is 11.9. The predicted octanol–water partition coefficient (Wildman–Crippen LogP) is 1.20. The van der Waals surface area contributed by atoms with Crippen molar-refractivity contribution in [3.05, 3.63) is 30.3 Å². The molecule has 1 aromatic rings. The van der Waals surface area contributed by atoms with Gasteiger partial charge in [-0.25, -0.2) is 0 Å². The number of carbonyl (C=O) groups is 1. The molecule has 132 valence electrons. The van der Waals surface area contributed by atoms with Crippen molar-refractivity contribution in [1.29, 1.82) is 0 Å². The molecule has 0 spiro atoms. The number of nitrogens with one attached hydrogen (secondary N) is 3. The van der Waals surface area contributed by atoms with Crippen molar-refractivity contribution >= 4 is 17.6 Å². The standard InChI is InChI=1S/C18H29N5O/c1-18(2,16(24)19-3)13-21-17(20-4)22-14-10-11-23(12-14)15-8-6-5-7-9-15/h5-9,14H,10-13H2,1-4H3,(H,19,24)(H2,20,21,22). The molecule has 1 aromatic carbocycles. The Morgan fingerprint density at radius 2 is 2.04 bits per heavy atom. The summed E-state index contributed by atoms with van der Waals surface area (Å²) in [7, 11) is 3.42. The van der Waals surface area contributed by atoms with E-state index in [-0.39, 0.29) is 5.91 Å². The highest BCUT2D eigenvalue weighted by atomic mass is 16.2. The summed E-state index contributed by atoms with van der Waals surface area (Å²) < 4.78 is 0. The average Bonchev–Trinajstić information content (AvgIpc) is 3.07. The van der Waals surface area contributed by atoms with Crippen LogP contribution >= 0.6 is 0 Å². The molecule has 1 aliphatic rings. The van der Waals surface area contributed by atoms with Gasteiger partial charge in [-0.1, -0.05) is 18.2 Å². The minimum Gasteiger partial charge on any atom is -0.369 e. The van der Waals surface area contributed by atoms with Crippen LogP contribution in [0.2, 0.25) is 0 Å². The number of hydrogen-bond acceptors (Lipinski definition) is 3. The van der Waals surface area contributed by atoms with Gasteiger partial charge in [0.1, 0.15) is 0 Å². The van der Waals surface area contributed by atoms with E-state index in [1.165, 1.54) is 5.69 Å². The molecule has 1 heterocycles. The second-order valence-corrected chi connectivity index (χ2v) is 6.80. The maximum atomic E-state index is 11.9. The highest BCUT2D eigenvalue weighted by Crippen LogP contribution is 2.19. The van der Waals surface area contributed by atoms with E-state index in [4.69, 9.17) is 0 Å².